The third-order valence-corrected chi connectivity index (χ3v) is 3.51. The first-order chi connectivity index (χ1) is 10.7. The Hall–Kier alpha value is -2.40. The Morgan fingerprint density at radius 3 is 2.86 bits per heavy atom. The first kappa shape index (κ1) is 14.5. The predicted molar refractivity (Wildman–Crippen MR) is 88.0 cm³/mol. The number of H-pyrrole nitrogens is 1. The molecule has 0 atom stereocenters. The third kappa shape index (κ3) is 3.26. The van der Waals surface area contributed by atoms with Gasteiger partial charge in [0.2, 0.25) is 0 Å². The van der Waals surface area contributed by atoms with Crippen molar-refractivity contribution in [2.45, 2.75) is 6.42 Å². The van der Waals surface area contributed by atoms with Gasteiger partial charge in [-0.15, -0.1) is 0 Å². The summed E-state index contributed by atoms with van der Waals surface area (Å²) in [7, 11) is 4.13. The SMILES string of the molecule is CN(C)CCCOc1ccc2nccc(-c3cc[nH]n3)c2c1. The zero-order valence-electron chi connectivity index (χ0n) is 12.9. The standard InChI is InChI=1S/C17H20N4O/c1-21(2)10-3-11-22-13-4-5-16-15(12-13)14(6-8-18-16)17-7-9-19-20-17/h4-9,12H,3,10-11H2,1-2H3,(H,19,20). The van der Waals surface area contributed by atoms with Gasteiger partial charge in [-0.2, -0.15) is 5.10 Å². The average molecular weight is 296 g/mol. The van der Waals surface area contributed by atoms with Gasteiger partial charge < -0.3 is 9.64 Å². The Morgan fingerprint density at radius 1 is 1.18 bits per heavy atom. The lowest BCUT2D eigenvalue weighted by atomic mass is 10.1. The first-order valence-electron chi connectivity index (χ1n) is 7.40. The molecule has 0 radical (unpaired) electrons. The van der Waals surface area contributed by atoms with Gasteiger partial charge in [0.25, 0.3) is 0 Å². The minimum Gasteiger partial charge on any atom is -0.494 e. The van der Waals surface area contributed by atoms with Crippen LogP contribution in [0.5, 0.6) is 5.75 Å². The van der Waals surface area contributed by atoms with Crippen molar-refractivity contribution in [2.75, 3.05) is 27.2 Å². The number of aromatic nitrogens is 3. The summed E-state index contributed by atoms with van der Waals surface area (Å²) in [5.74, 6) is 0.871. The van der Waals surface area contributed by atoms with Crippen LogP contribution in [0.4, 0.5) is 0 Å². The zero-order chi connectivity index (χ0) is 15.4. The molecule has 2 aromatic heterocycles. The zero-order valence-corrected chi connectivity index (χ0v) is 12.9. The fourth-order valence-corrected chi connectivity index (χ4v) is 2.42. The van der Waals surface area contributed by atoms with Gasteiger partial charge in [-0.05, 0) is 50.8 Å². The second-order valence-electron chi connectivity index (χ2n) is 5.50. The third-order valence-electron chi connectivity index (χ3n) is 3.51. The molecule has 0 aliphatic rings. The lowest BCUT2D eigenvalue weighted by Crippen LogP contribution is -2.15. The molecule has 2 heterocycles. The van der Waals surface area contributed by atoms with E-state index < -0.39 is 0 Å². The van der Waals surface area contributed by atoms with Crippen LogP contribution < -0.4 is 4.74 Å². The van der Waals surface area contributed by atoms with Gasteiger partial charge >= 0.3 is 0 Å². The number of rotatable bonds is 6. The molecule has 0 spiro atoms. The molecule has 0 saturated heterocycles. The number of hydrogen-bond acceptors (Lipinski definition) is 4. The Kier molecular flexibility index (Phi) is 4.34. The lowest BCUT2D eigenvalue weighted by molar-refractivity contribution is 0.282. The highest BCUT2D eigenvalue weighted by Crippen LogP contribution is 2.28. The Bertz CT molecular complexity index is 738. The van der Waals surface area contributed by atoms with Crippen LogP contribution in [-0.4, -0.2) is 47.3 Å². The molecule has 0 amide bonds. The van der Waals surface area contributed by atoms with Gasteiger partial charge in [-0.1, -0.05) is 0 Å². The molecule has 0 fully saturated rings. The van der Waals surface area contributed by atoms with E-state index in [1.165, 1.54) is 0 Å². The fraction of sp³-hybridized carbons (Fsp3) is 0.294. The molecule has 1 aromatic carbocycles. The van der Waals surface area contributed by atoms with Crippen molar-refractivity contribution in [3.05, 3.63) is 42.7 Å². The van der Waals surface area contributed by atoms with E-state index in [0.717, 1.165) is 40.9 Å². The van der Waals surface area contributed by atoms with E-state index in [-0.39, 0.29) is 0 Å². The van der Waals surface area contributed by atoms with E-state index in [0.29, 0.717) is 6.61 Å². The number of aromatic amines is 1. The van der Waals surface area contributed by atoms with Crippen LogP contribution in [0.3, 0.4) is 0 Å². The topological polar surface area (TPSA) is 54.0 Å². The van der Waals surface area contributed by atoms with Crippen LogP contribution in [0.15, 0.2) is 42.7 Å². The molecule has 5 heteroatoms. The van der Waals surface area contributed by atoms with Crippen molar-refractivity contribution >= 4 is 10.9 Å². The molecule has 5 nitrogen and oxygen atoms in total. The molecular formula is C17H20N4O. The van der Waals surface area contributed by atoms with Crippen LogP contribution >= 0.6 is 0 Å². The summed E-state index contributed by atoms with van der Waals surface area (Å²) >= 11 is 0. The summed E-state index contributed by atoms with van der Waals surface area (Å²) in [4.78, 5) is 6.57. The van der Waals surface area contributed by atoms with Crippen LogP contribution in [0.1, 0.15) is 6.42 Å². The van der Waals surface area contributed by atoms with Crippen molar-refractivity contribution < 1.29 is 4.74 Å². The molecule has 3 rings (SSSR count). The lowest BCUT2D eigenvalue weighted by Gasteiger charge is -2.11. The molecule has 0 saturated carbocycles. The van der Waals surface area contributed by atoms with Crippen molar-refractivity contribution in [1.29, 1.82) is 0 Å². The highest BCUT2D eigenvalue weighted by atomic mass is 16.5. The number of pyridine rings is 1. The molecule has 0 aliphatic carbocycles. The molecule has 114 valence electrons. The molecule has 0 aliphatic heterocycles. The smallest absolute Gasteiger partial charge is 0.120 e. The molecular weight excluding hydrogens is 276 g/mol. The van der Waals surface area contributed by atoms with Crippen molar-refractivity contribution in [3.8, 4) is 17.0 Å². The van der Waals surface area contributed by atoms with Crippen molar-refractivity contribution in [2.24, 2.45) is 0 Å². The second-order valence-corrected chi connectivity index (χ2v) is 5.50. The van der Waals surface area contributed by atoms with E-state index in [2.05, 4.69) is 34.2 Å². The van der Waals surface area contributed by atoms with Gasteiger partial charge in [0.05, 0.1) is 17.8 Å². The highest BCUT2D eigenvalue weighted by molar-refractivity contribution is 5.94. The molecule has 1 N–H and O–H groups in total. The van der Waals surface area contributed by atoms with Crippen molar-refractivity contribution in [1.82, 2.24) is 20.1 Å². The maximum atomic E-state index is 5.85. The maximum absolute atomic E-state index is 5.85. The van der Waals surface area contributed by atoms with E-state index in [1.54, 1.807) is 0 Å². The summed E-state index contributed by atoms with van der Waals surface area (Å²) in [5.41, 5.74) is 2.92. The Balaban J connectivity index is 1.84. The minimum absolute atomic E-state index is 0.710. The second kappa shape index (κ2) is 6.58. The molecule has 0 bridgehead atoms. The first-order valence-corrected chi connectivity index (χ1v) is 7.40. The van der Waals surface area contributed by atoms with Gasteiger partial charge in [-0.25, -0.2) is 0 Å². The van der Waals surface area contributed by atoms with Crippen LogP contribution in [0.25, 0.3) is 22.2 Å². The minimum atomic E-state index is 0.710. The number of hydrogen-bond donors (Lipinski definition) is 1. The fourth-order valence-electron chi connectivity index (χ4n) is 2.42. The van der Waals surface area contributed by atoms with E-state index >= 15 is 0 Å². The number of benzene rings is 1. The number of nitrogens with one attached hydrogen (secondary N) is 1. The number of nitrogens with zero attached hydrogens (tertiary/aromatic N) is 3. The normalized spacial score (nSPS) is 11.2. The van der Waals surface area contributed by atoms with E-state index in [4.69, 9.17) is 4.74 Å². The largest absolute Gasteiger partial charge is 0.494 e. The Morgan fingerprint density at radius 2 is 2.09 bits per heavy atom. The summed E-state index contributed by atoms with van der Waals surface area (Å²) in [6.07, 6.45) is 4.64. The predicted octanol–water partition coefficient (Wildman–Crippen LogP) is 2.96. The molecule has 3 aromatic rings. The van der Waals surface area contributed by atoms with E-state index in [9.17, 15) is 0 Å². The monoisotopic (exact) mass is 296 g/mol. The summed E-state index contributed by atoms with van der Waals surface area (Å²) < 4.78 is 5.85. The van der Waals surface area contributed by atoms with Crippen LogP contribution in [-0.2, 0) is 0 Å². The Labute approximate surface area is 129 Å². The summed E-state index contributed by atoms with van der Waals surface area (Å²) in [6, 6.07) is 9.95. The number of ether oxygens (including phenoxy) is 1. The number of fused-ring (bicyclic) bond motifs is 1. The summed E-state index contributed by atoms with van der Waals surface area (Å²) in [5, 5.41) is 8.17. The maximum Gasteiger partial charge on any atom is 0.120 e. The summed E-state index contributed by atoms with van der Waals surface area (Å²) in [6.45, 7) is 1.73. The quantitative estimate of drug-likeness (QED) is 0.711. The van der Waals surface area contributed by atoms with Gasteiger partial charge in [0.15, 0.2) is 0 Å². The molecule has 22 heavy (non-hydrogen) atoms. The van der Waals surface area contributed by atoms with Gasteiger partial charge in [0.1, 0.15) is 5.75 Å². The highest BCUT2D eigenvalue weighted by Gasteiger charge is 2.07. The molecule has 0 unspecified atom stereocenters. The van der Waals surface area contributed by atoms with Gasteiger partial charge in [0, 0.05) is 29.9 Å². The average Bonchev–Trinajstić information content (AvgIpc) is 3.05. The van der Waals surface area contributed by atoms with Crippen LogP contribution in [0, 0.1) is 0 Å². The van der Waals surface area contributed by atoms with Crippen molar-refractivity contribution in [3.63, 3.8) is 0 Å². The van der Waals surface area contributed by atoms with Crippen LogP contribution in [0.2, 0.25) is 0 Å². The van der Waals surface area contributed by atoms with E-state index in [1.807, 2.05) is 42.7 Å². The van der Waals surface area contributed by atoms with Gasteiger partial charge in [-0.3, -0.25) is 10.1 Å².